The summed E-state index contributed by atoms with van der Waals surface area (Å²) in [6.07, 6.45) is 1.70. The van der Waals surface area contributed by atoms with Crippen molar-refractivity contribution in [2.45, 2.75) is 0 Å². The SMILES string of the molecule is COc1cccc2sc(NC(=O)c3ccc[nH]3)nc12. The molecule has 0 atom stereocenters. The second-order valence-electron chi connectivity index (χ2n) is 3.86. The number of aromatic nitrogens is 2. The molecule has 0 saturated heterocycles. The molecule has 0 unspecified atom stereocenters. The molecule has 0 saturated carbocycles. The van der Waals surface area contributed by atoms with E-state index in [2.05, 4.69) is 15.3 Å². The molecule has 0 aliphatic rings. The van der Waals surface area contributed by atoms with Crippen molar-refractivity contribution in [3.8, 4) is 5.75 Å². The van der Waals surface area contributed by atoms with Gasteiger partial charge in [0.25, 0.3) is 5.91 Å². The van der Waals surface area contributed by atoms with Crippen LogP contribution in [-0.4, -0.2) is 23.0 Å². The van der Waals surface area contributed by atoms with Gasteiger partial charge in [0.2, 0.25) is 0 Å². The first-order chi connectivity index (χ1) is 9.28. The largest absolute Gasteiger partial charge is 0.494 e. The number of fused-ring (bicyclic) bond motifs is 1. The summed E-state index contributed by atoms with van der Waals surface area (Å²) in [7, 11) is 1.60. The molecular weight excluding hydrogens is 262 g/mol. The van der Waals surface area contributed by atoms with Crippen LogP contribution in [0.25, 0.3) is 10.2 Å². The number of rotatable bonds is 3. The Morgan fingerprint density at radius 2 is 2.26 bits per heavy atom. The monoisotopic (exact) mass is 273 g/mol. The van der Waals surface area contributed by atoms with Gasteiger partial charge < -0.3 is 9.72 Å². The number of nitrogens with zero attached hydrogens (tertiary/aromatic N) is 1. The summed E-state index contributed by atoms with van der Waals surface area (Å²) in [5.74, 6) is 0.497. The number of para-hydroxylation sites is 1. The van der Waals surface area contributed by atoms with E-state index in [1.54, 1.807) is 25.4 Å². The van der Waals surface area contributed by atoms with Gasteiger partial charge in [-0.1, -0.05) is 17.4 Å². The van der Waals surface area contributed by atoms with E-state index in [0.717, 1.165) is 10.2 Å². The van der Waals surface area contributed by atoms with Gasteiger partial charge in [-0.25, -0.2) is 4.98 Å². The molecule has 6 heteroatoms. The van der Waals surface area contributed by atoms with E-state index in [1.807, 2.05) is 18.2 Å². The van der Waals surface area contributed by atoms with Crippen LogP contribution in [-0.2, 0) is 0 Å². The normalized spacial score (nSPS) is 10.6. The van der Waals surface area contributed by atoms with Crippen LogP contribution in [0.3, 0.4) is 0 Å². The molecule has 1 amide bonds. The Morgan fingerprint density at radius 3 is 3.00 bits per heavy atom. The molecule has 0 bridgehead atoms. The molecule has 0 aliphatic carbocycles. The van der Waals surface area contributed by atoms with E-state index in [4.69, 9.17) is 4.74 Å². The minimum absolute atomic E-state index is 0.206. The number of ether oxygens (including phenoxy) is 1. The van der Waals surface area contributed by atoms with Crippen LogP contribution in [0.2, 0.25) is 0 Å². The van der Waals surface area contributed by atoms with Crippen LogP contribution in [0.1, 0.15) is 10.5 Å². The summed E-state index contributed by atoms with van der Waals surface area (Å²) >= 11 is 1.42. The maximum atomic E-state index is 11.9. The van der Waals surface area contributed by atoms with Crippen LogP contribution in [0.5, 0.6) is 5.75 Å². The predicted octanol–water partition coefficient (Wildman–Crippen LogP) is 2.89. The Hall–Kier alpha value is -2.34. The van der Waals surface area contributed by atoms with Gasteiger partial charge in [0.1, 0.15) is 17.0 Å². The van der Waals surface area contributed by atoms with E-state index in [-0.39, 0.29) is 5.91 Å². The summed E-state index contributed by atoms with van der Waals surface area (Å²) in [6, 6.07) is 9.17. The molecule has 3 rings (SSSR count). The molecule has 3 aromatic rings. The van der Waals surface area contributed by atoms with Crippen molar-refractivity contribution in [1.29, 1.82) is 0 Å². The van der Waals surface area contributed by atoms with Crippen molar-refractivity contribution in [2.75, 3.05) is 12.4 Å². The average Bonchev–Trinajstić information content (AvgIpc) is 3.06. The first-order valence-corrected chi connectivity index (χ1v) is 6.48. The van der Waals surface area contributed by atoms with Crippen LogP contribution in [0, 0.1) is 0 Å². The molecule has 19 heavy (non-hydrogen) atoms. The van der Waals surface area contributed by atoms with E-state index < -0.39 is 0 Å². The summed E-state index contributed by atoms with van der Waals surface area (Å²) in [5, 5.41) is 3.32. The van der Waals surface area contributed by atoms with Crippen molar-refractivity contribution in [1.82, 2.24) is 9.97 Å². The number of benzene rings is 1. The zero-order valence-corrected chi connectivity index (χ0v) is 11.0. The zero-order valence-electron chi connectivity index (χ0n) is 10.1. The minimum Gasteiger partial charge on any atom is -0.494 e. The van der Waals surface area contributed by atoms with Gasteiger partial charge in [-0.3, -0.25) is 10.1 Å². The molecule has 0 fully saturated rings. The average molecular weight is 273 g/mol. The molecular formula is C13H11N3O2S. The van der Waals surface area contributed by atoms with Crippen LogP contribution in [0.4, 0.5) is 5.13 Å². The van der Waals surface area contributed by atoms with E-state index >= 15 is 0 Å². The highest BCUT2D eigenvalue weighted by molar-refractivity contribution is 7.22. The van der Waals surface area contributed by atoms with Crippen LogP contribution < -0.4 is 10.1 Å². The third kappa shape index (κ3) is 2.17. The highest BCUT2D eigenvalue weighted by Gasteiger charge is 2.12. The number of amides is 1. The lowest BCUT2D eigenvalue weighted by atomic mass is 10.3. The molecule has 96 valence electrons. The van der Waals surface area contributed by atoms with Crippen molar-refractivity contribution < 1.29 is 9.53 Å². The summed E-state index contributed by atoms with van der Waals surface area (Å²) in [6.45, 7) is 0. The van der Waals surface area contributed by atoms with E-state index in [1.165, 1.54) is 11.3 Å². The fourth-order valence-corrected chi connectivity index (χ4v) is 2.66. The molecule has 5 nitrogen and oxygen atoms in total. The maximum absolute atomic E-state index is 11.9. The van der Waals surface area contributed by atoms with E-state index in [9.17, 15) is 4.79 Å². The number of hydrogen-bond acceptors (Lipinski definition) is 4. The zero-order chi connectivity index (χ0) is 13.2. The van der Waals surface area contributed by atoms with Crippen LogP contribution >= 0.6 is 11.3 Å². The van der Waals surface area contributed by atoms with Crippen LogP contribution in [0.15, 0.2) is 36.5 Å². The maximum Gasteiger partial charge on any atom is 0.273 e. The highest BCUT2D eigenvalue weighted by atomic mass is 32.1. The fourth-order valence-electron chi connectivity index (χ4n) is 1.78. The number of hydrogen-bond donors (Lipinski definition) is 2. The number of H-pyrrole nitrogens is 1. The summed E-state index contributed by atoms with van der Waals surface area (Å²) in [4.78, 5) is 19.1. The van der Waals surface area contributed by atoms with Crippen molar-refractivity contribution in [2.24, 2.45) is 0 Å². The Labute approximate surface area is 113 Å². The Kier molecular flexibility index (Phi) is 2.92. The first-order valence-electron chi connectivity index (χ1n) is 5.66. The topological polar surface area (TPSA) is 67.0 Å². The van der Waals surface area contributed by atoms with Gasteiger partial charge in [-0.2, -0.15) is 0 Å². The van der Waals surface area contributed by atoms with Gasteiger partial charge in [0.05, 0.1) is 11.8 Å². The summed E-state index contributed by atoms with van der Waals surface area (Å²) < 4.78 is 6.22. The summed E-state index contributed by atoms with van der Waals surface area (Å²) in [5.41, 5.74) is 1.27. The molecule has 2 N–H and O–H groups in total. The molecule has 1 aromatic carbocycles. The second kappa shape index (κ2) is 4.74. The molecule has 0 aliphatic heterocycles. The molecule has 0 spiro atoms. The molecule has 0 radical (unpaired) electrons. The highest BCUT2D eigenvalue weighted by Crippen LogP contribution is 2.32. The lowest BCUT2D eigenvalue weighted by Crippen LogP contribution is -2.11. The smallest absolute Gasteiger partial charge is 0.273 e. The second-order valence-corrected chi connectivity index (χ2v) is 4.89. The molecule has 2 heterocycles. The quantitative estimate of drug-likeness (QED) is 0.771. The first kappa shape index (κ1) is 11.7. The lowest BCUT2D eigenvalue weighted by molar-refractivity contribution is 0.102. The predicted molar refractivity (Wildman–Crippen MR) is 74.9 cm³/mol. The third-order valence-electron chi connectivity index (χ3n) is 2.66. The van der Waals surface area contributed by atoms with Gasteiger partial charge in [0, 0.05) is 6.20 Å². The lowest BCUT2D eigenvalue weighted by Gasteiger charge is -1.98. The Balaban J connectivity index is 1.92. The number of carbonyl (C=O) groups is 1. The number of carbonyl (C=O) groups excluding carboxylic acids is 1. The number of anilines is 1. The molecule has 2 aromatic heterocycles. The van der Waals surface area contributed by atoms with Crippen molar-refractivity contribution in [3.05, 3.63) is 42.2 Å². The van der Waals surface area contributed by atoms with Gasteiger partial charge in [0.15, 0.2) is 5.13 Å². The standard InChI is InChI=1S/C13H11N3O2S/c1-18-9-5-2-6-10-11(9)15-13(19-10)16-12(17)8-4-3-7-14-8/h2-7,14H,1H3,(H,15,16,17). The minimum atomic E-state index is -0.206. The fraction of sp³-hybridized carbons (Fsp3) is 0.0769. The number of thiazole rings is 1. The van der Waals surface area contributed by atoms with Gasteiger partial charge in [-0.05, 0) is 24.3 Å². The third-order valence-corrected chi connectivity index (χ3v) is 3.60. The van der Waals surface area contributed by atoms with E-state index in [0.29, 0.717) is 16.6 Å². The van der Waals surface area contributed by atoms with Gasteiger partial charge in [-0.15, -0.1) is 0 Å². The van der Waals surface area contributed by atoms with Gasteiger partial charge >= 0.3 is 0 Å². The Morgan fingerprint density at radius 1 is 1.37 bits per heavy atom. The van der Waals surface area contributed by atoms with Crippen molar-refractivity contribution in [3.63, 3.8) is 0 Å². The number of aromatic amines is 1. The number of methoxy groups -OCH3 is 1. The Bertz CT molecular complexity index is 719. The number of nitrogens with one attached hydrogen (secondary N) is 2. The van der Waals surface area contributed by atoms with Crippen molar-refractivity contribution >= 4 is 32.6 Å².